The van der Waals surface area contributed by atoms with Crippen LogP contribution in [0, 0.1) is 0 Å². The fourth-order valence-electron chi connectivity index (χ4n) is 2.32. The van der Waals surface area contributed by atoms with Crippen LogP contribution in [0.1, 0.15) is 0 Å². The minimum atomic E-state index is -4.46. The number of rotatable bonds is 3. The second-order valence-corrected chi connectivity index (χ2v) is 6.73. The second-order valence-electron chi connectivity index (χ2n) is 5.31. The molecule has 0 atom stereocenters. The van der Waals surface area contributed by atoms with Crippen LogP contribution in [0.3, 0.4) is 0 Å². The predicted octanol–water partition coefficient (Wildman–Crippen LogP) is 2.99. The van der Waals surface area contributed by atoms with Crippen LogP contribution < -0.4 is 11.5 Å². The summed E-state index contributed by atoms with van der Waals surface area (Å²) in [5, 5.41) is 18.9. The number of hydrogen-bond donors (Lipinski definition) is 4. The Balaban J connectivity index is 0.00000243. The molecule has 6 N–H and O–H groups in total. The summed E-state index contributed by atoms with van der Waals surface area (Å²) in [7, 11) is -4.46. The molecule has 0 amide bonds. The number of hydrogen-bond acceptors (Lipinski definition) is 7. The van der Waals surface area contributed by atoms with Crippen LogP contribution in [0.5, 0.6) is 5.75 Å². The quantitative estimate of drug-likeness (QED) is 0.237. The van der Waals surface area contributed by atoms with E-state index >= 15 is 0 Å². The fraction of sp³-hybridized carbons (Fsp3) is 0. The van der Waals surface area contributed by atoms with E-state index in [0.29, 0.717) is 16.8 Å². The molecule has 0 fully saturated rings. The first-order chi connectivity index (χ1) is 11.8. The van der Waals surface area contributed by atoms with Gasteiger partial charge in [0.15, 0.2) is 0 Å². The van der Waals surface area contributed by atoms with E-state index in [2.05, 4.69) is 10.2 Å². The van der Waals surface area contributed by atoms with Gasteiger partial charge >= 0.3 is 0 Å². The average molecular weight is 381 g/mol. The first-order valence-electron chi connectivity index (χ1n) is 7.05. The van der Waals surface area contributed by atoms with Crippen molar-refractivity contribution in [1.29, 1.82) is 0 Å². The molecule has 0 heterocycles. The summed E-state index contributed by atoms with van der Waals surface area (Å²) in [5.74, 6) is -0.385. The van der Waals surface area contributed by atoms with Crippen LogP contribution >= 0.6 is 0 Å². The monoisotopic (exact) mass is 381 g/mol. The van der Waals surface area contributed by atoms with Gasteiger partial charge in [-0.15, -0.1) is 5.11 Å². The van der Waals surface area contributed by atoms with Crippen LogP contribution in [0.15, 0.2) is 63.7 Å². The van der Waals surface area contributed by atoms with E-state index < -0.39 is 15.0 Å². The number of benzene rings is 3. The van der Waals surface area contributed by atoms with Crippen molar-refractivity contribution in [1.82, 2.24) is 0 Å². The van der Waals surface area contributed by atoms with Crippen LogP contribution in [-0.4, -0.2) is 47.6 Å². The Kier molecular flexibility index (Phi) is 5.89. The molecule has 0 aliphatic heterocycles. The Morgan fingerprint density at radius 2 is 1.58 bits per heavy atom. The van der Waals surface area contributed by atoms with E-state index in [4.69, 9.17) is 16.0 Å². The Morgan fingerprint density at radius 1 is 0.923 bits per heavy atom. The van der Waals surface area contributed by atoms with Gasteiger partial charge in [-0.1, -0.05) is 6.07 Å². The molecule has 0 aliphatic carbocycles. The molecule has 129 valence electrons. The smallest absolute Gasteiger partial charge is 0.294 e. The van der Waals surface area contributed by atoms with Gasteiger partial charge in [0.2, 0.25) is 0 Å². The Hall–Kier alpha value is -2.17. The van der Waals surface area contributed by atoms with Crippen molar-refractivity contribution in [3.05, 3.63) is 48.5 Å². The van der Waals surface area contributed by atoms with Crippen molar-refractivity contribution in [3.63, 3.8) is 0 Å². The van der Waals surface area contributed by atoms with Gasteiger partial charge in [0.25, 0.3) is 10.1 Å². The predicted molar refractivity (Wildman–Crippen MR) is 101 cm³/mol. The Morgan fingerprint density at radius 3 is 2.19 bits per heavy atom. The van der Waals surface area contributed by atoms with Gasteiger partial charge < -0.3 is 16.6 Å². The topological polar surface area (TPSA) is 151 Å². The zero-order chi connectivity index (χ0) is 18.2. The third-order valence-electron chi connectivity index (χ3n) is 3.53. The van der Waals surface area contributed by atoms with E-state index in [0.717, 1.165) is 6.07 Å². The molecule has 0 spiro atoms. The molecule has 1 radical (unpaired) electrons. The van der Waals surface area contributed by atoms with Gasteiger partial charge in [0.1, 0.15) is 11.4 Å². The molecular weight excluding hydrogens is 367 g/mol. The normalized spacial score (nSPS) is 11.6. The number of anilines is 2. The van der Waals surface area contributed by atoms with E-state index in [1.165, 1.54) is 18.2 Å². The number of nitrogen functional groups attached to an aromatic ring is 2. The number of azo groups is 1. The van der Waals surface area contributed by atoms with Crippen LogP contribution in [-0.2, 0) is 10.1 Å². The second kappa shape index (κ2) is 7.60. The number of fused-ring (bicyclic) bond motifs is 1. The first kappa shape index (κ1) is 20.1. The Bertz CT molecular complexity index is 1100. The third kappa shape index (κ3) is 4.14. The van der Waals surface area contributed by atoms with Crippen LogP contribution in [0.2, 0.25) is 0 Å². The molecule has 3 aromatic rings. The summed E-state index contributed by atoms with van der Waals surface area (Å²) in [6.45, 7) is 0. The zero-order valence-electron chi connectivity index (χ0n) is 13.8. The van der Waals surface area contributed by atoms with Crippen molar-refractivity contribution in [2.45, 2.75) is 4.90 Å². The van der Waals surface area contributed by atoms with Crippen LogP contribution in [0.4, 0.5) is 22.7 Å². The standard InChI is InChI=1S/C16H14N4O4S.Na/c17-10-2-4-11(5-3-10)19-20-16-13(18)6-1-9-7-12(25(22,23)24)8-14(21)15(9)16;/h1-8,21H,17-18H2,(H,22,23,24);. The summed E-state index contributed by atoms with van der Waals surface area (Å²) >= 11 is 0. The summed E-state index contributed by atoms with van der Waals surface area (Å²) in [4.78, 5) is -0.427. The molecule has 0 saturated carbocycles. The summed E-state index contributed by atoms with van der Waals surface area (Å²) in [6.07, 6.45) is 0. The first-order valence-corrected chi connectivity index (χ1v) is 8.50. The molecule has 8 nitrogen and oxygen atoms in total. The SMILES string of the molecule is Nc1ccc(N=Nc2c(N)ccc3cc(S(=O)(=O)O)cc(O)c23)cc1.[Na]. The largest absolute Gasteiger partial charge is 0.507 e. The molecule has 0 unspecified atom stereocenters. The van der Waals surface area contributed by atoms with Crippen LogP contribution in [0.25, 0.3) is 10.8 Å². The average Bonchev–Trinajstić information content (AvgIpc) is 2.54. The van der Waals surface area contributed by atoms with Gasteiger partial charge in [0.05, 0.1) is 21.7 Å². The number of nitrogens with zero attached hydrogens (tertiary/aromatic N) is 2. The molecule has 3 aromatic carbocycles. The van der Waals surface area contributed by atoms with Gasteiger partial charge in [-0.25, -0.2) is 0 Å². The molecule has 0 saturated heterocycles. The molecule has 0 bridgehead atoms. The number of aromatic hydroxyl groups is 1. The maximum absolute atomic E-state index is 11.3. The minimum Gasteiger partial charge on any atom is -0.507 e. The molecule has 3 rings (SSSR count). The van der Waals surface area contributed by atoms with Crippen molar-refractivity contribution in [2.75, 3.05) is 11.5 Å². The van der Waals surface area contributed by atoms with Gasteiger partial charge in [-0.3, -0.25) is 4.55 Å². The van der Waals surface area contributed by atoms with Crippen molar-refractivity contribution < 1.29 is 18.1 Å². The van der Waals surface area contributed by atoms with E-state index in [1.807, 2.05) is 0 Å². The minimum absolute atomic E-state index is 0. The molecular formula is C16H14N4NaO4S. The maximum Gasteiger partial charge on any atom is 0.294 e. The summed E-state index contributed by atoms with van der Waals surface area (Å²) in [6, 6.07) is 11.8. The molecule has 26 heavy (non-hydrogen) atoms. The number of phenolic OH excluding ortho intramolecular Hbond substituents is 1. The van der Waals surface area contributed by atoms with Gasteiger partial charge in [0, 0.05) is 41.3 Å². The maximum atomic E-state index is 11.3. The van der Waals surface area contributed by atoms with Crippen molar-refractivity contribution >= 4 is 73.2 Å². The van der Waals surface area contributed by atoms with Gasteiger partial charge in [-0.2, -0.15) is 13.5 Å². The van der Waals surface area contributed by atoms with Crippen molar-refractivity contribution in [3.8, 4) is 5.75 Å². The zero-order valence-corrected chi connectivity index (χ0v) is 16.6. The number of phenols is 1. The van der Waals surface area contributed by atoms with E-state index in [-0.39, 0.29) is 52.1 Å². The van der Waals surface area contributed by atoms with Gasteiger partial charge in [-0.05, 0) is 41.8 Å². The molecule has 10 heteroatoms. The molecule has 0 aliphatic rings. The summed E-state index contributed by atoms with van der Waals surface area (Å²) in [5.41, 5.74) is 13.1. The van der Waals surface area contributed by atoms with E-state index in [9.17, 15) is 13.5 Å². The van der Waals surface area contributed by atoms with Crippen molar-refractivity contribution in [2.24, 2.45) is 10.2 Å². The Labute approximate surface area is 171 Å². The fourth-order valence-corrected chi connectivity index (χ4v) is 2.86. The third-order valence-corrected chi connectivity index (χ3v) is 4.36. The number of nitrogens with two attached hydrogens (primary N) is 2. The van der Waals surface area contributed by atoms with E-state index in [1.54, 1.807) is 24.3 Å². The molecule has 0 aromatic heterocycles. The summed E-state index contributed by atoms with van der Waals surface area (Å²) < 4.78 is 31.7.